The second kappa shape index (κ2) is 5.25. The molecule has 2 unspecified atom stereocenters. The SMILES string of the molecule is CC1C=C[C](SC2=CCC(C)CC2)CC1. The smallest absolute Gasteiger partial charge is 0.0568 e. The van der Waals surface area contributed by atoms with Crippen molar-refractivity contribution in [2.75, 3.05) is 0 Å². The molecular weight excluding hydrogens is 200 g/mol. The maximum atomic E-state index is 2.46. The van der Waals surface area contributed by atoms with Crippen molar-refractivity contribution in [3.63, 3.8) is 0 Å². The van der Waals surface area contributed by atoms with Gasteiger partial charge in [-0.15, -0.1) is 11.8 Å². The molecule has 15 heavy (non-hydrogen) atoms. The van der Waals surface area contributed by atoms with E-state index in [-0.39, 0.29) is 0 Å². The highest BCUT2D eigenvalue weighted by Gasteiger charge is 2.17. The molecule has 0 aromatic heterocycles. The minimum absolute atomic E-state index is 0.787. The van der Waals surface area contributed by atoms with Crippen LogP contribution in [0.4, 0.5) is 0 Å². The van der Waals surface area contributed by atoms with Crippen LogP contribution in [-0.4, -0.2) is 0 Å². The molecule has 0 fully saturated rings. The van der Waals surface area contributed by atoms with Gasteiger partial charge in [-0.05, 0) is 48.8 Å². The van der Waals surface area contributed by atoms with E-state index in [4.69, 9.17) is 0 Å². The van der Waals surface area contributed by atoms with Gasteiger partial charge < -0.3 is 0 Å². The summed E-state index contributed by atoms with van der Waals surface area (Å²) in [5.74, 6) is 1.69. The Morgan fingerprint density at radius 1 is 1.20 bits per heavy atom. The molecule has 2 aliphatic carbocycles. The molecule has 0 spiro atoms. The molecule has 2 aliphatic rings. The summed E-state index contributed by atoms with van der Waals surface area (Å²) in [5.41, 5.74) is 0. The van der Waals surface area contributed by atoms with E-state index in [2.05, 4.69) is 32.1 Å². The normalized spacial score (nSPS) is 32.8. The zero-order valence-corrected chi connectivity index (χ0v) is 10.6. The minimum Gasteiger partial charge on any atom is -0.118 e. The van der Waals surface area contributed by atoms with E-state index >= 15 is 0 Å². The van der Waals surface area contributed by atoms with Crippen LogP contribution in [0.3, 0.4) is 0 Å². The van der Waals surface area contributed by atoms with Crippen LogP contribution < -0.4 is 0 Å². The Kier molecular flexibility index (Phi) is 3.96. The molecule has 83 valence electrons. The van der Waals surface area contributed by atoms with Crippen molar-refractivity contribution >= 4 is 11.8 Å². The van der Waals surface area contributed by atoms with E-state index < -0.39 is 0 Å². The number of hydrogen-bond acceptors (Lipinski definition) is 1. The second-order valence-corrected chi connectivity index (χ2v) is 6.25. The van der Waals surface area contributed by atoms with Crippen LogP contribution in [0.1, 0.15) is 46.0 Å². The first-order valence-corrected chi connectivity index (χ1v) is 6.96. The Balaban J connectivity index is 1.84. The Hall–Kier alpha value is -0.170. The number of hydrogen-bond donors (Lipinski definition) is 0. The summed E-state index contributed by atoms with van der Waals surface area (Å²) in [7, 11) is 0. The van der Waals surface area contributed by atoms with Crippen LogP contribution in [0.5, 0.6) is 0 Å². The highest BCUT2D eigenvalue weighted by Crippen LogP contribution is 2.41. The topological polar surface area (TPSA) is 0 Å². The highest BCUT2D eigenvalue weighted by molar-refractivity contribution is 8.05. The molecule has 0 N–H and O–H groups in total. The first-order chi connectivity index (χ1) is 7.24. The van der Waals surface area contributed by atoms with Crippen molar-refractivity contribution in [2.45, 2.75) is 46.0 Å². The van der Waals surface area contributed by atoms with Gasteiger partial charge in [0.1, 0.15) is 0 Å². The first kappa shape index (κ1) is 11.3. The van der Waals surface area contributed by atoms with Gasteiger partial charge in [0.15, 0.2) is 0 Å². The maximum Gasteiger partial charge on any atom is 0.0568 e. The Bertz CT molecular complexity index is 265. The van der Waals surface area contributed by atoms with E-state index in [1.165, 1.54) is 32.1 Å². The molecule has 0 heterocycles. The molecule has 2 atom stereocenters. The monoisotopic (exact) mass is 221 g/mol. The van der Waals surface area contributed by atoms with Crippen LogP contribution in [0.15, 0.2) is 23.1 Å². The summed E-state index contributed by atoms with van der Waals surface area (Å²) in [5, 5.41) is 1.58. The highest BCUT2D eigenvalue weighted by atomic mass is 32.2. The van der Waals surface area contributed by atoms with Crippen molar-refractivity contribution in [2.24, 2.45) is 11.8 Å². The van der Waals surface area contributed by atoms with E-state index in [0.29, 0.717) is 0 Å². The summed E-state index contributed by atoms with van der Waals surface area (Å²) in [6.45, 7) is 4.66. The molecule has 2 rings (SSSR count). The van der Waals surface area contributed by atoms with E-state index in [1.54, 1.807) is 10.2 Å². The van der Waals surface area contributed by atoms with Gasteiger partial charge in [0.05, 0.1) is 5.25 Å². The molecule has 0 bridgehead atoms. The van der Waals surface area contributed by atoms with Gasteiger partial charge in [-0.25, -0.2) is 0 Å². The fourth-order valence-electron chi connectivity index (χ4n) is 2.11. The molecular formula is C14H21S. The van der Waals surface area contributed by atoms with Crippen LogP contribution in [-0.2, 0) is 0 Å². The Morgan fingerprint density at radius 3 is 2.67 bits per heavy atom. The summed E-state index contributed by atoms with van der Waals surface area (Å²) in [4.78, 5) is 1.61. The largest absolute Gasteiger partial charge is 0.118 e. The summed E-state index contributed by atoms with van der Waals surface area (Å²) >= 11 is 2.04. The lowest BCUT2D eigenvalue weighted by Crippen LogP contribution is -2.04. The zero-order valence-electron chi connectivity index (χ0n) is 9.83. The lowest BCUT2D eigenvalue weighted by molar-refractivity contribution is 0.523. The molecule has 1 radical (unpaired) electrons. The van der Waals surface area contributed by atoms with Crippen molar-refractivity contribution in [1.82, 2.24) is 0 Å². The fraction of sp³-hybridized carbons (Fsp3) is 0.643. The van der Waals surface area contributed by atoms with Crippen LogP contribution in [0, 0.1) is 17.1 Å². The van der Waals surface area contributed by atoms with Crippen molar-refractivity contribution in [3.8, 4) is 0 Å². The van der Waals surface area contributed by atoms with E-state index in [9.17, 15) is 0 Å². The predicted molar refractivity (Wildman–Crippen MR) is 69.5 cm³/mol. The molecule has 0 aromatic rings. The maximum absolute atomic E-state index is 2.46. The van der Waals surface area contributed by atoms with Crippen molar-refractivity contribution in [3.05, 3.63) is 28.4 Å². The van der Waals surface area contributed by atoms with Gasteiger partial charge in [-0.3, -0.25) is 0 Å². The average molecular weight is 221 g/mol. The Morgan fingerprint density at radius 2 is 2.07 bits per heavy atom. The molecule has 0 saturated carbocycles. The number of allylic oxidation sites excluding steroid dienone is 3. The van der Waals surface area contributed by atoms with Crippen LogP contribution >= 0.6 is 11.8 Å². The van der Waals surface area contributed by atoms with E-state index in [0.717, 1.165) is 11.8 Å². The quantitative estimate of drug-likeness (QED) is 0.636. The predicted octanol–water partition coefficient (Wildman–Crippen LogP) is 4.94. The Labute approximate surface area is 98.2 Å². The minimum atomic E-state index is 0.787. The average Bonchev–Trinajstić information content (AvgIpc) is 2.25. The molecule has 0 nitrogen and oxygen atoms in total. The van der Waals surface area contributed by atoms with Gasteiger partial charge in [-0.2, -0.15) is 0 Å². The van der Waals surface area contributed by atoms with E-state index in [1.807, 2.05) is 11.8 Å². The third kappa shape index (κ3) is 3.41. The summed E-state index contributed by atoms with van der Waals surface area (Å²) in [6, 6.07) is 0. The zero-order chi connectivity index (χ0) is 10.7. The number of thioether (sulfide) groups is 1. The molecule has 0 saturated heterocycles. The fourth-order valence-corrected chi connectivity index (χ4v) is 3.21. The number of rotatable bonds is 2. The third-order valence-corrected chi connectivity index (χ3v) is 4.59. The van der Waals surface area contributed by atoms with Gasteiger partial charge in [-0.1, -0.05) is 32.1 Å². The van der Waals surface area contributed by atoms with Gasteiger partial charge in [0, 0.05) is 0 Å². The van der Waals surface area contributed by atoms with Crippen molar-refractivity contribution < 1.29 is 0 Å². The van der Waals surface area contributed by atoms with Gasteiger partial charge in [0.25, 0.3) is 0 Å². The van der Waals surface area contributed by atoms with Crippen LogP contribution in [0.2, 0.25) is 0 Å². The summed E-state index contributed by atoms with van der Waals surface area (Å²) < 4.78 is 0. The van der Waals surface area contributed by atoms with Gasteiger partial charge in [0.2, 0.25) is 0 Å². The standard InChI is InChI=1S/C14H21S/c1-11-3-7-13(8-4-11)15-14-9-5-12(2)6-10-14/h3,7,9,11-12H,4-6,8,10H2,1-2H3. The molecule has 0 aromatic carbocycles. The lowest BCUT2D eigenvalue weighted by atomic mass is 9.96. The van der Waals surface area contributed by atoms with Gasteiger partial charge >= 0.3 is 0 Å². The van der Waals surface area contributed by atoms with Crippen molar-refractivity contribution in [1.29, 1.82) is 0 Å². The second-order valence-electron chi connectivity index (χ2n) is 4.99. The molecule has 1 heteroatoms. The molecule has 0 aliphatic heterocycles. The summed E-state index contributed by atoms with van der Waals surface area (Å²) in [6.07, 6.45) is 13.8. The molecule has 0 amide bonds. The van der Waals surface area contributed by atoms with Crippen LogP contribution in [0.25, 0.3) is 0 Å². The third-order valence-electron chi connectivity index (χ3n) is 3.35. The first-order valence-electron chi connectivity index (χ1n) is 6.15. The lowest BCUT2D eigenvalue weighted by Gasteiger charge is -2.23.